The first-order valence-electron chi connectivity index (χ1n) is 7.34. The van der Waals surface area contributed by atoms with Crippen LogP contribution in [0.15, 0.2) is 53.0 Å². The molecular weight excluding hydrogens is 344 g/mol. The Kier molecular flexibility index (Phi) is 6.46. The predicted molar refractivity (Wildman–Crippen MR) is 90.9 cm³/mol. The van der Waals surface area contributed by atoms with Crippen LogP contribution < -0.4 is 4.74 Å². The third-order valence-electron chi connectivity index (χ3n) is 3.13. The van der Waals surface area contributed by atoms with Gasteiger partial charge in [-0.15, -0.1) is 0 Å². The van der Waals surface area contributed by atoms with E-state index in [0.717, 1.165) is 28.4 Å². The topological polar surface area (TPSA) is 35.5 Å². The average Bonchev–Trinajstić information content (AvgIpc) is 2.54. The molecule has 0 aliphatic carbocycles. The monoisotopic (exact) mass is 362 g/mol. The molecule has 3 nitrogen and oxygen atoms in total. The lowest BCUT2D eigenvalue weighted by molar-refractivity contribution is -0.146. The number of ether oxygens (including phenoxy) is 2. The minimum atomic E-state index is -0.340. The Morgan fingerprint density at radius 2 is 1.91 bits per heavy atom. The second-order valence-electron chi connectivity index (χ2n) is 4.87. The zero-order valence-electron chi connectivity index (χ0n) is 12.5. The van der Waals surface area contributed by atoms with Crippen LogP contribution in [0.2, 0.25) is 0 Å². The Hall–Kier alpha value is -1.81. The van der Waals surface area contributed by atoms with E-state index in [0.29, 0.717) is 12.4 Å². The molecule has 22 heavy (non-hydrogen) atoms. The summed E-state index contributed by atoms with van der Waals surface area (Å²) in [6, 6.07) is 15.7. The Balaban J connectivity index is 2.07. The molecule has 0 spiro atoms. The maximum Gasteiger partial charge on any atom is 0.344 e. The van der Waals surface area contributed by atoms with Gasteiger partial charge in [-0.3, -0.25) is 0 Å². The second-order valence-corrected chi connectivity index (χ2v) is 5.78. The molecular formula is C18H19BrO3. The lowest BCUT2D eigenvalue weighted by Gasteiger charge is -2.12. The molecule has 0 saturated carbocycles. The molecule has 4 heteroatoms. The molecule has 0 unspecified atom stereocenters. The Morgan fingerprint density at radius 3 is 2.64 bits per heavy atom. The largest absolute Gasteiger partial charge is 0.481 e. The Labute approximate surface area is 139 Å². The fraction of sp³-hybridized carbons (Fsp3) is 0.278. The molecule has 0 aliphatic rings. The van der Waals surface area contributed by atoms with Gasteiger partial charge in [0, 0.05) is 10.0 Å². The standard InChI is InChI=1S/C18H19BrO3/c1-2-3-11-21-18(20)13-22-17-12-15(19)9-10-16(17)14-7-5-4-6-8-14/h4-10,12H,2-3,11,13H2,1H3. The minimum absolute atomic E-state index is 0.0833. The molecule has 0 heterocycles. The first-order chi connectivity index (χ1) is 10.7. The maximum absolute atomic E-state index is 11.7. The van der Waals surface area contributed by atoms with Crippen LogP contribution in [-0.2, 0) is 9.53 Å². The number of carbonyl (C=O) groups excluding carboxylic acids is 1. The molecule has 0 saturated heterocycles. The number of rotatable bonds is 7. The summed E-state index contributed by atoms with van der Waals surface area (Å²) in [5, 5.41) is 0. The van der Waals surface area contributed by atoms with Crippen molar-refractivity contribution in [1.29, 1.82) is 0 Å². The number of carbonyl (C=O) groups is 1. The van der Waals surface area contributed by atoms with Crippen LogP contribution >= 0.6 is 15.9 Å². The molecule has 0 fully saturated rings. The maximum atomic E-state index is 11.7. The highest BCUT2D eigenvalue weighted by molar-refractivity contribution is 9.10. The van der Waals surface area contributed by atoms with Crippen molar-refractivity contribution in [2.75, 3.05) is 13.2 Å². The zero-order chi connectivity index (χ0) is 15.8. The predicted octanol–water partition coefficient (Wildman–Crippen LogP) is 4.84. The third kappa shape index (κ3) is 4.88. The summed E-state index contributed by atoms with van der Waals surface area (Å²) in [5.41, 5.74) is 1.99. The Morgan fingerprint density at radius 1 is 1.14 bits per heavy atom. The number of hydrogen-bond acceptors (Lipinski definition) is 3. The van der Waals surface area contributed by atoms with E-state index in [1.54, 1.807) is 0 Å². The fourth-order valence-corrected chi connectivity index (χ4v) is 2.32. The van der Waals surface area contributed by atoms with E-state index in [2.05, 4.69) is 22.9 Å². The van der Waals surface area contributed by atoms with Crippen molar-refractivity contribution in [2.45, 2.75) is 19.8 Å². The lowest BCUT2D eigenvalue weighted by atomic mass is 10.1. The first-order valence-corrected chi connectivity index (χ1v) is 8.13. The van der Waals surface area contributed by atoms with Crippen molar-refractivity contribution < 1.29 is 14.3 Å². The molecule has 0 N–H and O–H groups in total. The van der Waals surface area contributed by atoms with Crippen molar-refractivity contribution in [3.05, 3.63) is 53.0 Å². The third-order valence-corrected chi connectivity index (χ3v) is 3.63. The highest BCUT2D eigenvalue weighted by Crippen LogP contribution is 2.32. The number of halogens is 1. The molecule has 2 aromatic carbocycles. The smallest absolute Gasteiger partial charge is 0.344 e. The van der Waals surface area contributed by atoms with Crippen LogP contribution in [0.1, 0.15) is 19.8 Å². The highest BCUT2D eigenvalue weighted by Gasteiger charge is 2.10. The van der Waals surface area contributed by atoms with Crippen molar-refractivity contribution >= 4 is 21.9 Å². The molecule has 2 aromatic rings. The summed E-state index contributed by atoms with van der Waals surface area (Å²) in [7, 11) is 0. The number of esters is 1. The van der Waals surface area contributed by atoms with Gasteiger partial charge in [0.25, 0.3) is 0 Å². The number of unbranched alkanes of at least 4 members (excludes halogenated alkanes) is 1. The van der Waals surface area contributed by atoms with Crippen LogP contribution in [0.4, 0.5) is 0 Å². The van der Waals surface area contributed by atoms with E-state index >= 15 is 0 Å². The van der Waals surface area contributed by atoms with Gasteiger partial charge in [0.2, 0.25) is 0 Å². The molecule has 0 atom stereocenters. The van der Waals surface area contributed by atoms with Crippen molar-refractivity contribution in [1.82, 2.24) is 0 Å². The van der Waals surface area contributed by atoms with E-state index in [4.69, 9.17) is 9.47 Å². The van der Waals surface area contributed by atoms with Crippen LogP contribution in [0, 0.1) is 0 Å². The van der Waals surface area contributed by atoms with Gasteiger partial charge < -0.3 is 9.47 Å². The lowest BCUT2D eigenvalue weighted by Crippen LogP contribution is -2.15. The van der Waals surface area contributed by atoms with Crippen molar-refractivity contribution in [3.63, 3.8) is 0 Å². The quantitative estimate of drug-likeness (QED) is 0.522. The van der Waals surface area contributed by atoms with E-state index in [1.807, 2.05) is 48.5 Å². The molecule has 0 radical (unpaired) electrons. The van der Waals surface area contributed by atoms with Gasteiger partial charge >= 0.3 is 5.97 Å². The molecule has 2 rings (SSSR count). The summed E-state index contributed by atoms with van der Waals surface area (Å²) in [4.78, 5) is 11.7. The van der Waals surface area contributed by atoms with Crippen LogP contribution in [0.25, 0.3) is 11.1 Å². The van der Waals surface area contributed by atoms with Crippen LogP contribution in [0.3, 0.4) is 0 Å². The summed E-state index contributed by atoms with van der Waals surface area (Å²) in [6.45, 7) is 2.42. The van der Waals surface area contributed by atoms with Gasteiger partial charge in [0.1, 0.15) is 5.75 Å². The number of benzene rings is 2. The summed E-state index contributed by atoms with van der Waals surface area (Å²) >= 11 is 3.43. The summed E-state index contributed by atoms with van der Waals surface area (Å²) < 4.78 is 11.7. The average molecular weight is 363 g/mol. The fourth-order valence-electron chi connectivity index (χ4n) is 1.98. The van der Waals surface area contributed by atoms with Gasteiger partial charge in [-0.2, -0.15) is 0 Å². The minimum Gasteiger partial charge on any atom is -0.481 e. The van der Waals surface area contributed by atoms with E-state index < -0.39 is 0 Å². The van der Waals surface area contributed by atoms with Gasteiger partial charge in [-0.1, -0.05) is 59.6 Å². The van der Waals surface area contributed by atoms with Crippen LogP contribution in [0.5, 0.6) is 5.75 Å². The highest BCUT2D eigenvalue weighted by atomic mass is 79.9. The zero-order valence-corrected chi connectivity index (χ0v) is 14.1. The molecule has 0 aliphatic heterocycles. The molecule has 0 bridgehead atoms. The normalized spacial score (nSPS) is 10.3. The van der Waals surface area contributed by atoms with Gasteiger partial charge in [0.05, 0.1) is 6.61 Å². The Bertz CT molecular complexity index is 611. The molecule has 116 valence electrons. The number of hydrogen-bond donors (Lipinski definition) is 0. The summed E-state index contributed by atoms with van der Waals surface area (Å²) in [5.74, 6) is 0.320. The SMILES string of the molecule is CCCCOC(=O)COc1cc(Br)ccc1-c1ccccc1. The molecule has 0 aromatic heterocycles. The van der Waals surface area contributed by atoms with Gasteiger partial charge in [-0.05, 0) is 30.2 Å². The van der Waals surface area contributed by atoms with E-state index in [1.165, 1.54) is 0 Å². The van der Waals surface area contributed by atoms with E-state index in [-0.39, 0.29) is 12.6 Å². The van der Waals surface area contributed by atoms with Gasteiger partial charge in [-0.25, -0.2) is 4.79 Å². The van der Waals surface area contributed by atoms with Crippen molar-refractivity contribution in [2.24, 2.45) is 0 Å². The van der Waals surface area contributed by atoms with Gasteiger partial charge in [0.15, 0.2) is 6.61 Å². The first kappa shape index (κ1) is 16.6. The second kappa shape index (κ2) is 8.59. The van der Waals surface area contributed by atoms with E-state index in [9.17, 15) is 4.79 Å². The molecule has 0 amide bonds. The van der Waals surface area contributed by atoms with Crippen molar-refractivity contribution in [3.8, 4) is 16.9 Å². The van der Waals surface area contributed by atoms with Crippen LogP contribution in [-0.4, -0.2) is 19.2 Å². The summed E-state index contributed by atoms with van der Waals surface area (Å²) in [6.07, 6.45) is 1.87.